The molecule has 2 unspecified atom stereocenters. The van der Waals surface area contributed by atoms with E-state index in [9.17, 15) is 4.79 Å². The number of hydrogen-bond donors (Lipinski definition) is 2. The van der Waals surface area contributed by atoms with Gasteiger partial charge in [0.05, 0.1) is 0 Å². The Morgan fingerprint density at radius 1 is 1.20 bits per heavy atom. The fraction of sp³-hybridized carbons (Fsp3) is 0.938. The molecule has 3 fully saturated rings. The van der Waals surface area contributed by atoms with Gasteiger partial charge in [0.25, 0.3) is 0 Å². The lowest BCUT2D eigenvalue weighted by Gasteiger charge is -2.29. The first-order valence-corrected chi connectivity index (χ1v) is 8.16. The number of piperidine rings is 1. The van der Waals surface area contributed by atoms with Crippen LogP contribution in [0.15, 0.2) is 0 Å². The number of nitrogens with one attached hydrogen (secondary N) is 2. The lowest BCUT2D eigenvalue weighted by Crippen LogP contribution is -2.40. The highest BCUT2D eigenvalue weighted by molar-refractivity contribution is 5.85. The Labute approximate surface area is 129 Å². The van der Waals surface area contributed by atoms with Crippen molar-refractivity contribution >= 4 is 18.3 Å². The van der Waals surface area contributed by atoms with E-state index >= 15 is 0 Å². The number of carbonyl (C=O) groups is 1. The lowest BCUT2D eigenvalue weighted by atomic mass is 9.87. The molecule has 0 spiro atoms. The summed E-state index contributed by atoms with van der Waals surface area (Å²) in [6, 6.07) is 1.40. The lowest BCUT2D eigenvalue weighted by molar-refractivity contribution is -0.122. The molecular formula is C16H29ClN2O. The molecule has 2 N–H and O–H groups in total. The molecule has 0 aromatic carbocycles. The van der Waals surface area contributed by atoms with E-state index < -0.39 is 0 Å². The average molecular weight is 301 g/mol. The van der Waals surface area contributed by atoms with Gasteiger partial charge in [-0.1, -0.05) is 19.8 Å². The Morgan fingerprint density at radius 3 is 2.40 bits per heavy atom. The second-order valence-corrected chi connectivity index (χ2v) is 7.47. The number of halogens is 1. The quantitative estimate of drug-likeness (QED) is 0.838. The SMILES string of the molecule is CC1(CNC(=O)CC2CC3CCC(C2)N3)CCCC1.Cl. The van der Waals surface area contributed by atoms with E-state index in [4.69, 9.17) is 0 Å². The summed E-state index contributed by atoms with van der Waals surface area (Å²) in [5, 5.41) is 6.85. The molecule has 1 aliphatic carbocycles. The minimum absolute atomic E-state index is 0. The maximum absolute atomic E-state index is 12.1. The number of fused-ring (bicyclic) bond motifs is 2. The fourth-order valence-electron chi connectivity index (χ4n) is 4.39. The second-order valence-electron chi connectivity index (χ2n) is 7.47. The van der Waals surface area contributed by atoms with Gasteiger partial charge in [0, 0.05) is 25.0 Å². The maximum atomic E-state index is 12.1. The largest absolute Gasteiger partial charge is 0.356 e. The third-order valence-electron chi connectivity index (χ3n) is 5.57. The van der Waals surface area contributed by atoms with E-state index in [-0.39, 0.29) is 12.4 Å². The Kier molecular flexibility index (Phi) is 5.36. The fourth-order valence-corrected chi connectivity index (χ4v) is 4.39. The number of rotatable bonds is 4. The topological polar surface area (TPSA) is 41.1 Å². The van der Waals surface area contributed by atoms with Gasteiger partial charge in [-0.05, 0) is 49.9 Å². The zero-order chi connectivity index (χ0) is 13.3. The van der Waals surface area contributed by atoms with Gasteiger partial charge in [-0.2, -0.15) is 0 Å². The van der Waals surface area contributed by atoms with Crippen molar-refractivity contribution in [2.45, 2.75) is 76.8 Å². The first-order valence-electron chi connectivity index (χ1n) is 8.16. The smallest absolute Gasteiger partial charge is 0.220 e. The summed E-state index contributed by atoms with van der Waals surface area (Å²) < 4.78 is 0. The molecule has 2 aliphatic heterocycles. The second kappa shape index (κ2) is 6.65. The van der Waals surface area contributed by atoms with Crippen LogP contribution < -0.4 is 10.6 Å². The molecule has 20 heavy (non-hydrogen) atoms. The molecule has 0 aromatic heterocycles. The minimum Gasteiger partial charge on any atom is -0.356 e. The van der Waals surface area contributed by atoms with Crippen molar-refractivity contribution in [2.75, 3.05) is 6.54 Å². The molecule has 2 heterocycles. The van der Waals surface area contributed by atoms with Gasteiger partial charge in [-0.3, -0.25) is 4.79 Å². The van der Waals surface area contributed by atoms with Crippen LogP contribution in [0.2, 0.25) is 0 Å². The van der Waals surface area contributed by atoms with Crippen molar-refractivity contribution < 1.29 is 4.79 Å². The molecule has 1 saturated carbocycles. The van der Waals surface area contributed by atoms with E-state index in [0.717, 1.165) is 13.0 Å². The van der Waals surface area contributed by atoms with E-state index in [1.165, 1.54) is 51.4 Å². The molecule has 0 radical (unpaired) electrons. The summed E-state index contributed by atoms with van der Waals surface area (Å²) in [7, 11) is 0. The Hall–Kier alpha value is -0.280. The van der Waals surface area contributed by atoms with Crippen molar-refractivity contribution in [3.05, 3.63) is 0 Å². The van der Waals surface area contributed by atoms with Crippen LogP contribution in [-0.4, -0.2) is 24.5 Å². The van der Waals surface area contributed by atoms with Gasteiger partial charge >= 0.3 is 0 Å². The van der Waals surface area contributed by atoms with Gasteiger partial charge in [0.2, 0.25) is 5.91 Å². The van der Waals surface area contributed by atoms with Crippen molar-refractivity contribution in [3.8, 4) is 0 Å². The maximum Gasteiger partial charge on any atom is 0.220 e. The number of carbonyl (C=O) groups excluding carboxylic acids is 1. The molecule has 3 nitrogen and oxygen atoms in total. The van der Waals surface area contributed by atoms with E-state index in [0.29, 0.717) is 29.3 Å². The highest BCUT2D eigenvalue weighted by Gasteiger charge is 2.34. The third kappa shape index (κ3) is 3.88. The predicted octanol–water partition coefficient (Wildman–Crippen LogP) is 3.03. The van der Waals surface area contributed by atoms with Crippen LogP contribution in [0.1, 0.15) is 64.7 Å². The van der Waals surface area contributed by atoms with Gasteiger partial charge in [0.15, 0.2) is 0 Å². The van der Waals surface area contributed by atoms with Gasteiger partial charge < -0.3 is 10.6 Å². The number of hydrogen-bond acceptors (Lipinski definition) is 2. The van der Waals surface area contributed by atoms with Crippen LogP contribution >= 0.6 is 12.4 Å². The Balaban J connectivity index is 0.00000147. The Morgan fingerprint density at radius 2 is 1.80 bits per heavy atom. The van der Waals surface area contributed by atoms with Crippen molar-refractivity contribution in [2.24, 2.45) is 11.3 Å². The van der Waals surface area contributed by atoms with Crippen LogP contribution in [-0.2, 0) is 4.79 Å². The normalized spacial score (nSPS) is 34.5. The zero-order valence-electron chi connectivity index (χ0n) is 12.6. The van der Waals surface area contributed by atoms with Crippen LogP contribution in [0.25, 0.3) is 0 Å². The highest BCUT2D eigenvalue weighted by Crippen LogP contribution is 2.37. The summed E-state index contributed by atoms with van der Waals surface area (Å²) in [5.41, 5.74) is 0.378. The molecule has 3 aliphatic rings. The van der Waals surface area contributed by atoms with E-state index in [2.05, 4.69) is 17.6 Å². The monoisotopic (exact) mass is 300 g/mol. The van der Waals surface area contributed by atoms with Crippen LogP contribution in [0, 0.1) is 11.3 Å². The summed E-state index contributed by atoms with van der Waals surface area (Å²) in [5.74, 6) is 0.912. The van der Waals surface area contributed by atoms with E-state index in [1.807, 2.05) is 0 Å². The van der Waals surface area contributed by atoms with Crippen LogP contribution in [0.3, 0.4) is 0 Å². The molecule has 3 rings (SSSR count). The van der Waals surface area contributed by atoms with Gasteiger partial charge in [0.1, 0.15) is 0 Å². The van der Waals surface area contributed by atoms with Crippen molar-refractivity contribution in [1.82, 2.24) is 10.6 Å². The third-order valence-corrected chi connectivity index (χ3v) is 5.57. The standard InChI is InChI=1S/C16H28N2O.ClH/c1-16(6-2-3-7-16)11-17-15(19)10-12-8-13-4-5-14(9-12)18-13;/h12-14,18H,2-11H2,1H3,(H,17,19);1H. The van der Waals surface area contributed by atoms with E-state index in [1.54, 1.807) is 0 Å². The Bertz CT molecular complexity index is 329. The molecule has 2 saturated heterocycles. The molecule has 116 valence electrons. The zero-order valence-corrected chi connectivity index (χ0v) is 13.4. The molecule has 2 bridgehead atoms. The molecule has 1 amide bonds. The van der Waals surface area contributed by atoms with Crippen molar-refractivity contribution in [1.29, 1.82) is 0 Å². The summed E-state index contributed by atoms with van der Waals surface area (Å²) >= 11 is 0. The van der Waals surface area contributed by atoms with Crippen LogP contribution in [0.4, 0.5) is 0 Å². The number of amides is 1. The highest BCUT2D eigenvalue weighted by atomic mass is 35.5. The van der Waals surface area contributed by atoms with Gasteiger partial charge in [-0.25, -0.2) is 0 Å². The van der Waals surface area contributed by atoms with Crippen LogP contribution in [0.5, 0.6) is 0 Å². The first-order chi connectivity index (χ1) is 9.13. The van der Waals surface area contributed by atoms with Gasteiger partial charge in [-0.15, -0.1) is 12.4 Å². The molecular weight excluding hydrogens is 272 g/mol. The molecule has 0 aromatic rings. The predicted molar refractivity (Wildman–Crippen MR) is 84.1 cm³/mol. The molecule has 2 atom stereocenters. The van der Waals surface area contributed by atoms with Crippen molar-refractivity contribution in [3.63, 3.8) is 0 Å². The first kappa shape index (κ1) is 16.1. The summed E-state index contributed by atoms with van der Waals surface area (Å²) in [6.07, 6.45) is 11.1. The summed E-state index contributed by atoms with van der Waals surface area (Å²) in [6.45, 7) is 3.22. The summed E-state index contributed by atoms with van der Waals surface area (Å²) in [4.78, 5) is 12.1. The molecule has 4 heteroatoms. The minimum atomic E-state index is 0. The average Bonchev–Trinajstić information content (AvgIpc) is 2.95.